The molecule has 0 saturated heterocycles. The van der Waals surface area contributed by atoms with Crippen LogP contribution in [0.2, 0.25) is 0 Å². The zero-order valence-corrected chi connectivity index (χ0v) is 18.2. The molecule has 30 heavy (non-hydrogen) atoms. The first-order valence-electron chi connectivity index (χ1n) is 9.66. The highest BCUT2D eigenvalue weighted by molar-refractivity contribution is 8.00. The molecular weight excluding hydrogens is 400 g/mol. The van der Waals surface area contributed by atoms with Crippen LogP contribution in [-0.2, 0) is 4.79 Å². The van der Waals surface area contributed by atoms with Crippen LogP contribution in [0.25, 0.3) is 16.6 Å². The first-order valence-corrected chi connectivity index (χ1v) is 10.5. The predicted molar refractivity (Wildman–Crippen MR) is 119 cm³/mol. The fraction of sp³-hybridized carbons (Fsp3) is 0.273. The van der Waals surface area contributed by atoms with Crippen molar-refractivity contribution in [1.29, 1.82) is 0 Å². The number of carbonyl (C=O) groups excluding carboxylic acids is 2. The Kier molecular flexibility index (Phi) is 6.56. The SMILES string of the molecule is CCNC(=O)NC(=O)C(C)Sc1nc2ccccc2c(=O)n1-c1ccc(C)c(C)c1. The van der Waals surface area contributed by atoms with Crippen LogP contribution in [0.1, 0.15) is 25.0 Å². The summed E-state index contributed by atoms with van der Waals surface area (Å²) in [7, 11) is 0. The number of carbonyl (C=O) groups is 2. The van der Waals surface area contributed by atoms with Crippen LogP contribution in [0, 0.1) is 13.8 Å². The van der Waals surface area contributed by atoms with Gasteiger partial charge in [0.25, 0.3) is 5.56 Å². The van der Waals surface area contributed by atoms with E-state index in [2.05, 4.69) is 15.6 Å². The molecule has 3 rings (SSSR count). The molecule has 0 aliphatic heterocycles. The van der Waals surface area contributed by atoms with E-state index in [4.69, 9.17) is 0 Å². The number of benzene rings is 2. The summed E-state index contributed by atoms with van der Waals surface area (Å²) >= 11 is 1.13. The second kappa shape index (κ2) is 9.13. The Labute approximate surface area is 178 Å². The highest BCUT2D eigenvalue weighted by atomic mass is 32.2. The van der Waals surface area contributed by atoms with Crippen molar-refractivity contribution in [2.24, 2.45) is 0 Å². The van der Waals surface area contributed by atoms with Gasteiger partial charge in [-0.05, 0) is 63.1 Å². The predicted octanol–water partition coefficient (Wildman–Crippen LogP) is 3.33. The Balaban J connectivity index is 2.06. The normalized spacial score (nSPS) is 11.9. The van der Waals surface area contributed by atoms with Gasteiger partial charge in [0.2, 0.25) is 5.91 Å². The lowest BCUT2D eigenvalue weighted by molar-refractivity contribution is -0.119. The molecule has 1 heterocycles. The zero-order valence-electron chi connectivity index (χ0n) is 17.4. The number of imide groups is 1. The van der Waals surface area contributed by atoms with E-state index in [1.165, 1.54) is 4.57 Å². The number of fused-ring (bicyclic) bond motifs is 1. The van der Waals surface area contributed by atoms with Gasteiger partial charge in [-0.2, -0.15) is 0 Å². The van der Waals surface area contributed by atoms with E-state index in [-0.39, 0.29) is 5.56 Å². The largest absolute Gasteiger partial charge is 0.338 e. The number of nitrogens with one attached hydrogen (secondary N) is 2. The third-order valence-electron chi connectivity index (χ3n) is 4.72. The van der Waals surface area contributed by atoms with Crippen molar-refractivity contribution < 1.29 is 9.59 Å². The topological polar surface area (TPSA) is 93.1 Å². The molecular formula is C22H24N4O3S. The number of nitrogens with zero attached hydrogens (tertiary/aromatic N) is 2. The van der Waals surface area contributed by atoms with Crippen LogP contribution in [-0.4, -0.2) is 33.3 Å². The number of para-hydroxylation sites is 1. The average Bonchev–Trinajstić information content (AvgIpc) is 2.70. The highest BCUT2D eigenvalue weighted by Gasteiger charge is 2.21. The Bertz CT molecular complexity index is 1170. The van der Waals surface area contributed by atoms with Gasteiger partial charge in [0, 0.05) is 6.54 Å². The molecule has 2 N–H and O–H groups in total. The van der Waals surface area contributed by atoms with Crippen LogP contribution >= 0.6 is 11.8 Å². The minimum Gasteiger partial charge on any atom is -0.338 e. The molecule has 8 heteroatoms. The van der Waals surface area contributed by atoms with Crippen molar-refractivity contribution in [3.63, 3.8) is 0 Å². The molecule has 156 valence electrons. The number of amides is 3. The summed E-state index contributed by atoms with van der Waals surface area (Å²) in [5.74, 6) is -0.458. The van der Waals surface area contributed by atoms with Crippen molar-refractivity contribution >= 4 is 34.6 Å². The van der Waals surface area contributed by atoms with Crippen LogP contribution < -0.4 is 16.2 Å². The molecule has 0 saturated carbocycles. The van der Waals surface area contributed by atoms with Gasteiger partial charge in [-0.1, -0.05) is 30.0 Å². The molecule has 0 radical (unpaired) electrons. The average molecular weight is 425 g/mol. The summed E-state index contributed by atoms with van der Waals surface area (Å²) in [6, 6.07) is 12.3. The summed E-state index contributed by atoms with van der Waals surface area (Å²) in [5, 5.41) is 5.08. The van der Waals surface area contributed by atoms with E-state index in [0.717, 1.165) is 22.9 Å². The van der Waals surface area contributed by atoms with Crippen LogP contribution in [0.15, 0.2) is 52.4 Å². The summed E-state index contributed by atoms with van der Waals surface area (Å²) in [6.07, 6.45) is 0. The summed E-state index contributed by atoms with van der Waals surface area (Å²) in [4.78, 5) is 42.0. The fourth-order valence-electron chi connectivity index (χ4n) is 2.91. The summed E-state index contributed by atoms with van der Waals surface area (Å²) in [6.45, 7) is 7.84. The molecule has 3 amide bonds. The van der Waals surface area contributed by atoms with Crippen molar-refractivity contribution in [1.82, 2.24) is 20.2 Å². The standard InChI is InChI=1S/C22H24N4O3S/c1-5-23-21(29)25-19(27)15(4)30-22-24-18-9-7-6-8-17(18)20(28)26(22)16-11-10-13(2)14(3)12-16/h6-12,15H,5H2,1-4H3,(H2,23,25,27,29). The van der Waals surface area contributed by atoms with Gasteiger partial charge in [-0.15, -0.1) is 0 Å². The van der Waals surface area contributed by atoms with Gasteiger partial charge < -0.3 is 5.32 Å². The quantitative estimate of drug-likeness (QED) is 0.484. The number of aromatic nitrogens is 2. The molecule has 0 aliphatic rings. The Morgan fingerprint density at radius 1 is 1.13 bits per heavy atom. The first kappa shape index (κ1) is 21.6. The Hall–Kier alpha value is -3.13. The van der Waals surface area contributed by atoms with E-state index in [9.17, 15) is 14.4 Å². The minimum atomic E-state index is -0.640. The van der Waals surface area contributed by atoms with Gasteiger partial charge in [-0.25, -0.2) is 9.78 Å². The van der Waals surface area contributed by atoms with Crippen LogP contribution in [0.3, 0.4) is 0 Å². The Morgan fingerprint density at radius 2 is 1.87 bits per heavy atom. The van der Waals surface area contributed by atoms with Gasteiger partial charge in [0.15, 0.2) is 5.16 Å². The lowest BCUT2D eigenvalue weighted by Crippen LogP contribution is -2.42. The molecule has 0 aliphatic carbocycles. The van der Waals surface area contributed by atoms with E-state index in [1.807, 2.05) is 38.1 Å². The molecule has 7 nitrogen and oxygen atoms in total. The fourth-order valence-corrected chi connectivity index (χ4v) is 3.84. The maximum Gasteiger partial charge on any atom is 0.321 e. The number of hydrogen-bond acceptors (Lipinski definition) is 5. The van der Waals surface area contributed by atoms with Crippen molar-refractivity contribution in [2.75, 3.05) is 6.54 Å². The van der Waals surface area contributed by atoms with Crippen molar-refractivity contribution in [3.8, 4) is 5.69 Å². The molecule has 1 atom stereocenters. The number of rotatable bonds is 5. The van der Waals surface area contributed by atoms with E-state index in [0.29, 0.717) is 28.3 Å². The maximum atomic E-state index is 13.3. The van der Waals surface area contributed by atoms with E-state index >= 15 is 0 Å². The van der Waals surface area contributed by atoms with E-state index in [1.54, 1.807) is 32.0 Å². The first-order chi connectivity index (χ1) is 14.3. The lowest BCUT2D eigenvalue weighted by atomic mass is 10.1. The zero-order chi connectivity index (χ0) is 21.8. The second-order valence-corrected chi connectivity index (χ2v) is 8.24. The monoisotopic (exact) mass is 424 g/mol. The molecule has 2 aromatic carbocycles. The molecule has 0 bridgehead atoms. The molecule has 0 spiro atoms. The second-order valence-electron chi connectivity index (χ2n) is 6.93. The minimum absolute atomic E-state index is 0.206. The number of thioether (sulfide) groups is 1. The number of hydrogen-bond donors (Lipinski definition) is 2. The maximum absolute atomic E-state index is 13.3. The van der Waals surface area contributed by atoms with E-state index < -0.39 is 17.2 Å². The third-order valence-corrected chi connectivity index (χ3v) is 5.77. The Morgan fingerprint density at radius 3 is 2.57 bits per heavy atom. The molecule has 3 aromatic rings. The van der Waals surface area contributed by atoms with Gasteiger partial charge in [-0.3, -0.25) is 19.5 Å². The van der Waals surface area contributed by atoms with Gasteiger partial charge >= 0.3 is 6.03 Å². The summed E-state index contributed by atoms with van der Waals surface area (Å²) in [5.41, 5.74) is 3.19. The van der Waals surface area contributed by atoms with Gasteiger partial charge in [0.05, 0.1) is 21.8 Å². The smallest absolute Gasteiger partial charge is 0.321 e. The molecule has 0 fully saturated rings. The van der Waals surface area contributed by atoms with Crippen molar-refractivity contribution in [3.05, 3.63) is 63.9 Å². The number of urea groups is 1. The van der Waals surface area contributed by atoms with Crippen molar-refractivity contribution in [2.45, 2.75) is 38.1 Å². The van der Waals surface area contributed by atoms with Crippen LogP contribution in [0.5, 0.6) is 0 Å². The van der Waals surface area contributed by atoms with Gasteiger partial charge in [0.1, 0.15) is 0 Å². The number of aryl methyl sites for hydroxylation is 2. The highest BCUT2D eigenvalue weighted by Crippen LogP contribution is 2.26. The molecule has 1 unspecified atom stereocenters. The third kappa shape index (κ3) is 4.54. The molecule has 1 aromatic heterocycles. The lowest BCUT2D eigenvalue weighted by Gasteiger charge is -2.17. The van der Waals surface area contributed by atoms with Crippen LogP contribution in [0.4, 0.5) is 4.79 Å². The summed E-state index contributed by atoms with van der Waals surface area (Å²) < 4.78 is 1.52.